The van der Waals surface area contributed by atoms with Crippen LogP contribution >= 0.6 is 0 Å². The van der Waals surface area contributed by atoms with Gasteiger partial charge in [0.15, 0.2) is 0 Å². The fourth-order valence-electron chi connectivity index (χ4n) is 3.79. The van der Waals surface area contributed by atoms with E-state index in [0.29, 0.717) is 13.1 Å². The highest BCUT2D eigenvalue weighted by molar-refractivity contribution is 5.98. The van der Waals surface area contributed by atoms with Gasteiger partial charge in [-0.1, -0.05) is 48.5 Å². The van der Waals surface area contributed by atoms with Crippen LogP contribution in [-0.2, 0) is 0 Å². The SMILES string of the molecule is C[N+]1([O-])CCN(C2=Cc3ccccc3C(=CC#N)c3ccccc32)CC1. The second-order valence-corrected chi connectivity index (χ2v) is 7.08. The number of hydrogen-bond donors (Lipinski definition) is 0. The van der Waals surface area contributed by atoms with E-state index in [2.05, 4.69) is 41.3 Å². The normalized spacial score (nSPS) is 19.8. The molecule has 0 unspecified atom stereocenters. The largest absolute Gasteiger partial charge is 0.633 e. The van der Waals surface area contributed by atoms with Crippen LogP contribution < -0.4 is 0 Å². The molecule has 1 saturated heterocycles. The van der Waals surface area contributed by atoms with E-state index in [9.17, 15) is 10.5 Å². The molecule has 0 radical (unpaired) electrons. The van der Waals surface area contributed by atoms with Crippen molar-refractivity contribution in [1.29, 1.82) is 5.26 Å². The zero-order valence-corrected chi connectivity index (χ0v) is 14.9. The lowest BCUT2D eigenvalue weighted by molar-refractivity contribution is -0.864. The van der Waals surface area contributed by atoms with Gasteiger partial charge in [-0.25, -0.2) is 0 Å². The smallest absolute Gasteiger partial charge is 0.0960 e. The first kappa shape index (κ1) is 16.6. The van der Waals surface area contributed by atoms with Gasteiger partial charge >= 0.3 is 0 Å². The summed E-state index contributed by atoms with van der Waals surface area (Å²) in [6.07, 6.45) is 3.84. The Labute approximate surface area is 154 Å². The monoisotopic (exact) mass is 343 g/mol. The van der Waals surface area contributed by atoms with Crippen LogP contribution in [0.1, 0.15) is 22.3 Å². The first-order valence-corrected chi connectivity index (χ1v) is 8.90. The summed E-state index contributed by atoms with van der Waals surface area (Å²) in [7, 11) is 1.75. The molecule has 0 bridgehead atoms. The van der Waals surface area contributed by atoms with Crippen molar-refractivity contribution < 1.29 is 4.65 Å². The summed E-state index contributed by atoms with van der Waals surface area (Å²) in [5, 5.41) is 21.6. The van der Waals surface area contributed by atoms with Gasteiger partial charge in [0.2, 0.25) is 0 Å². The van der Waals surface area contributed by atoms with E-state index >= 15 is 0 Å². The van der Waals surface area contributed by atoms with Gasteiger partial charge in [-0.05, 0) is 22.8 Å². The van der Waals surface area contributed by atoms with E-state index in [4.69, 9.17) is 0 Å². The van der Waals surface area contributed by atoms with Crippen LogP contribution in [-0.4, -0.2) is 42.8 Å². The van der Waals surface area contributed by atoms with Crippen LogP contribution in [0.15, 0.2) is 54.6 Å². The Morgan fingerprint density at radius 3 is 2.31 bits per heavy atom. The second-order valence-electron chi connectivity index (χ2n) is 7.08. The molecule has 4 nitrogen and oxygen atoms in total. The maximum atomic E-state index is 12.2. The zero-order valence-electron chi connectivity index (χ0n) is 14.9. The van der Waals surface area contributed by atoms with Gasteiger partial charge in [-0.2, -0.15) is 5.26 Å². The highest BCUT2D eigenvalue weighted by Crippen LogP contribution is 2.38. The minimum Gasteiger partial charge on any atom is -0.633 e. The first-order valence-electron chi connectivity index (χ1n) is 8.90. The van der Waals surface area contributed by atoms with E-state index in [-0.39, 0.29) is 4.65 Å². The summed E-state index contributed by atoms with van der Waals surface area (Å²) in [5.41, 5.74) is 6.44. The second kappa shape index (κ2) is 6.45. The van der Waals surface area contributed by atoms with E-state index in [1.165, 1.54) is 0 Å². The van der Waals surface area contributed by atoms with Crippen molar-refractivity contribution in [3.8, 4) is 6.07 Å². The topological polar surface area (TPSA) is 50.1 Å². The molecule has 0 aromatic heterocycles. The number of nitrogens with zero attached hydrogens (tertiary/aromatic N) is 3. The summed E-state index contributed by atoms with van der Waals surface area (Å²) in [5.74, 6) is 0. The molecule has 1 heterocycles. The lowest BCUT2D eigenvalue weighted by atomic mass is 9.93. The third kappa shape index (κ3) is 2.92. The Morgan fingerprint density at radius 2 is 1.62 bits per heavy atom. The molecule has 4 heteroatoms. The highest BCUT2D eigenvalue weighted by atomic mass is 16.5. The molecular formula is C22H21N3O. The number of rotatable bonds is 1. The quantitative estimate of drug-likeness (QED) is 0.450. The standard InChI is InChI=1S/C22H21N3O/c1-25(26)14-12-24(13-15-25)22-16-17-6-2-3-7-18(17)20(10-11-23)19-8-4-5-9-21(19)22/h2-10,16H,12-15H2,1H3. The number of benzene rings is 2. The molecule has 0 spiro atoms. The van der Waals surface area contributed by atoms with Gasteiger partial charge in [-0.15, -0.1) is 0 Å². The number of fused-ring (bicyclic) bond motifs is 2. The highest BCUT2D eigenvalue weighted by Gasteiger charge is 2.27. The van der Waals surface area contributed by atoms with Gasteiger partial charge < -0.3 is 14.8 Å². The van der Waals surface area contributed by atoms with Crippen LogP contribution in [0.2, 0.25) is 0 Å². The lowest BCUT2D eigenvalue weighted by Crippen LogP contribution is -2.52. The van der Waals surface area contributed by atoms with Crippen molar-refractivity contribution >= 4 is 17.3 Å². The summed E-state index contributed by atoms with van der Waals surface area (Å²) in [6.45, 7) is 2.64. The zero-order chi connectivity index (χ0) is 18.1. The van der Waals surface area contributed by atoms with E-state index < -0.39 is 0 Å². The Kier molecular flexibility index (Phi) is 4.12. The number of hydroxylamine groups is 3. The van der Waals surface area contributed by atoms with Gasteiger partial charge in [0.1, 0.15) is 0 Å². The maximum Gasteiger partial charge on any atom is 0.0960 e. The molecule has 0 atom stereocenters. The van der Waals surface area contributed by atoms with Crippen molar-refractivity contribution in [3.05, 3.63) is 82.1 Å². The average molecular weight is 343 g/mol. The lowest BCUT2D eigenvalue weighted by Gasteiger charge is -2.46. The molecule has 26 heavy (non-hydrogen) atoms. The molecule has 2 aromatic carbocycles. The van der Waals surface area contributed by atoms with Crippen molar-refractivity contribution in [2.24, 2.45) is 0 Å². The van der Waals surface area contributed by atoms with E-state index in [1.807, 2.05) is 24.3 Å². The minimum absolute atomic E-state index is 0.179. The fraction of sp³-hybridized carbons (Fsp3) is 0.227. The van der Waals surface area contributed by atoms with Gasteiger partial charge in [0.25, 0.3) is 0 Å². The molecule has 2 aromatic rings. The van der Waals surface area contributed by atoms with Crippen LogP contribution in [0.3, 0.4) is 0 Å². The Morgan fingerprint density at radius 1 is 1.00 bits per heavy atom. The summed E-state index contributed by atoms with van der Waals surface area (Å²) in [4.78, 5) is 2.31. The molecule has 4 rings (SSSR count). The average Bonchev–Trinajstić information content (AvgIpc) is 2.78. The van der Waals surface area contributed by atoms with Gasteiger partial charge in [0.05, 0.1) is 39.3 Å². The predicted molar refractivity (Wildman–Crippen MR) is 104 cm³/mol. The predicted octanol–water partition coefficient (Wildman–Crippen LogP) is 3.71. The first-order chi connectivity index (χ1) is 12.6. The van der Waals surface area contributed by atoms with Crippen LogP contribution in [0.4, 0.5) is 0 Å². The molecule has 0 saturated carbocycles. The number of hydrogen-bond acceptors (Lipinski definition) is 3. The van der Waals surface area contributed by atoms with Gasteiger partial charge in [-0.3, -0.25) is 0 Å². The summed E-state index contributed by atoms with van der Waals surface area (Å²) < 4.78 is -0.179. The summed E-state index contributed by atoms with van der Waals surface area (Å²) in [6, 6.07) is 18.6. The summed E-state index contributed by atoms with van der Waals surface area (Å²) >= 11 is 0. The number of likely N-dealkylation sites (N-methyl/N-ethyl adjacent to an activating group) is 1. The van der Waals surface area contributed by atoms with Crippen molar-refractivity contribution in [2.75, 3.05) is 33.2 Å². The van der Waals surface area contributed by atoms with Crippen molar-refractivity contribution in [3.63, 3.8) is 0 Å². The van der Waals surface area contributed by atoms with Gasteiger partial charge in [0, 0.05) is 22.9 Å². The molecule has 1 fully saturated rings. The molecule has 0 amide bonds. The van der Waals surface area contributed by atoms with E-state index in [1.54, 1.807) is 13.1 Å². The number of allylic oxidation sites excluding steroid dienone is 1. The van der Waals surface area contributed by atoms with Crippen molar-refractivity contribution in [2.45, 2.75) is 0 Å². The Hall–Kier alpha value is -2.87. The van der Waals surface area contributed by atoms with Crippen LogP contribution in [0.25, 0.3) is 17.3 Å². The molecule has 1 aliphatic carbocycles. The number of quaternary nitrogens is 1. The number of nitriles is 1. The molecule has 130 valence electrons. The van der Waals surface area contributed by atoms with Crippen LogP contribution in [0, 0.1) is 16.5 Å². The minimum atomic E-state index is -0.179. The third-order valence-corrected chi connectivity index (χ3v) is 5.27. The molecule has 2 aliphatic rings. The fourth-order valence-corrected chi connectivity index (χ4v) is 3.79. The number of piperazine rings is 1. The van der Waals surface area contributed by atoms with E-state index in [0.717, 1.165) is 46.6 Å². The molecule has 1 aliphatic heterocycles. The third-order valence-electron chi connectivity index (χ3n) is 5.27. The molecule has 0 N–H and O–H groups in total. The maximum absolute atomic E-state index is 12.2. The Bertz CT molecular complexity index is 940. The van der Waals surface area contributed by atoms with Crippen molar-refractivity contribution in [1.82, 2.24) is 4.90 Å². The molecular weight excluding hydrogens is 322 g/mol. The van der Waals surface area contributed by atoms with Crippen LogP contribution in [0.5, 0.6) is 0 Å². The Balaban J connectivity index is 1.89.